The van der Waals surface area contributed by atoms with E-state index in [4.69, 9.17) is 4.74 Å². The van der Waals surface area contributed by atoms with Crippen molar-refractivity contribution in [1.82, 2.24) is 0 Å². The molecule has 134 valence electrons. The first-order valence-corrected chi connectivity index (χ1v) is 9.43. The molecule has 0 spiro atoms. The molecule has 1 aliphatic carbocycles. The summed E-state index contributed by atoms with van der Waals surface area (Å²) in [6, 6.07) is 14.4. The Balaban J connectivity index is 2.10. The minimum atomic E-state index is -3.99. The Bertz CT molecular complexity index is 990. The normalized spacial score (nSPS) is 24.5. The highest BCUT2D eigenvalue weighted by Crippen LogP contribution is 2.64. The Hall–Kier alpha value is -2.85. The van der Waals surface area contributed by atoms with E-state index < -0.39 is 32.4 Å². The van der Waals surface area contributed by atoms with Crippen molar-refractivity contribution in [1.29, 1.82) is 5.26 Å². The average molecular weight is 371 g/mol. The van der Waals surface area contributed by atoms with Crippen molar-refractivity contribution in [2.45, 2.75) is 23.0 Å². The van der Waals surface area contributed by atoms with Gasteiger partial charge in [0.25, 0.3) is 0 Å². The third-order valence-corrected chi connectivity index (χ3v) is 7.07. The minimum Gasteiger partial charge on any atom is -0.497 e. The molecule has 3 unspecified atom stereocenters. The first-order valence-electron chi connectivity index (χ1n) is 7.88. The summed E-state index contributed by atoms with van der Waals surface area (Å²) in [7, 11) is -2.50. The van der Waals surface area contributed by atoms with Gasteiger partial charge in [0.15, 0.2) is 15.3 Å². The van der Waals surface area contributed by atoms with Gasteiger partial charge in [0.1, 0.15) is 11.0 Å². The van der Waals surface area contributed by atoms with Gasteiger partial charge in [-0.05, 0) is 36.8 Å². The number of methoxy groups -OCH3 is 1. The number of aryl methyl sites for hydroxylation is 1. The lowest BCUT2D eigenvalue weighted by molar-refractivity contribution is -0.141. The highest BCUT2D eigenvalue weighted by atomic mass is 32.2. The third kappa shape index (κ3) is 2.54. The number of rotatable bonds is 5. The Kier molecular flexibility index (Phi) is 4.24. The van der Waals surface area contributed by atoms with Crippen LogP contribution in [-0.4, -0.2) is 31.9 Å². The Labute approximate surface area is 151 Å². The first kappa shape index (κ1) is 18.0. The molecule has 6 nitrogen and oxygen atoms in total. The van der Waals surface area contributed by atoms with Crippen molar-refractivity contribution >= 4 is 15.8 Å². The van der Waals surface area contributed by atoms with Crippen molar-refractivity contribution in [3.63, 3.8) is 0 Å². The van der Waals surface area contributed by atoms with Crippen molar-refractivity contribution in [2.75, 3.05) is 7.11 Å². The molecule has 7 heteroatoms. The van der Waals surface area contributed by atoms with E-state index in [1.165, 1.54) is 19.2 Å². The summed E-state index contributed by atoms with van der Waals surface area (Å²) in [5.74, 6) is -1.81. The van der Waals surface area contributed by atoms with E-state index in [9.17, 15) is 23.6 Å². The van der Waals surface area contributed by atoms with Gasteiger partial charge in [-0.15, -0.1) is 0 Å². The van der Waals surface area contributed by atoms with Gasteiger partial charge in [0.05, 0.1) is 18.1 Å². The van der Waals surface area contributed by atoms with Crippen LogP contribution in [0.15, 0.2) is 53.4 Å². The van der Waals surface area contributed by atoms with Crippen LogP contribution in [0.3, 0.4) is 0 Å². The standard InChI is InChI=1S/C19H17NO5S/c1-12-3-9-15(10-4-12)26(23,24)17-16(19(17,11-20)18(21)22)13-5-7-14(25-2)8-6-13/h3-10,16-17H,1-2H3,(H,21,22). The summed E-state index contributed by atoms with van der Waals surface area (Å²) in [4.78, 5) is 11.9. The number of carbonyl (C=O) groups is 1. The van der Waals surface area contributed by atoms with E-state index in [0.717, 1.165) is 5.56 Å². The molecule has 0 aromatic heterocycles. The highest BCUT2D eigenvalue weighted by molar-refractivity contribution is 7.92. The van der Waals surface area contributed by atoms with Gasteiger partial charge in [-0.3, -0.25) is 4.79 Å². The van der Waals surface area contributed by atoms with E-state index in [-0.39, 0.29) is 4.90 Å². The van der Waals surface area contributed by atoms with Gasteiger partial charge >= 0.3 is 5.97 Å². The zero-order chi connectivity index (χ0) is 19.1. The monoisotopic (exact) mass is 371 g/mol. The lowest BCUT2D eigenvalue weighted by Crippen LogP contribution is -2.22. The Morgan fingerprint density at radius 1 is 1.15 bits per heavy atom. The lowest BCUT2D eigenvalue weighted by Gasteiger charge is -2.05. The lowest BCUT2D eigenvalue weighted by atomic mass is 10.0. The Morgan fingerprint density at radius 2 is 1.73 bits per heavy atom. The van der Waals surface area contributed by atoms with E-state index in [1.807, 2.05) is 6.92 Å². The van der Waals surface area contributed by atoms with Crippen LogP contribution in [0.2, 0.25) is 0 Å². The molecule has 1 saturated carbocycles. The molecule has 0 radical (unpaired) electrons. The molecular weight excluding hydrogens is 354 g/mol. The second-order valence-electron chi connectivity index (χ2n) is 6.32. The zero-order valence-electron chi connectivity index (χ0n) is 14.2. The second-order valence-corrected chi connectivity index (χ2v) is 8.38. The molecule has 0 saturated heterocycles. The van der Waals surface area contributed by atoms with Gasteiger partial charge in [0, 0.05) is 5.92 Å². The van der Waals surface area contributed by atoms with Crippen molar-refractivity contribution in [3.05, 3.63) is 59.7 Å². The fourth-order valence-corrected chi connectivity index (χ4v) is 5.59. The molecule has 0 amide bonds. The molecule has 1 fully saturated rings. The van der Waals surface area contributed by atoms with Crippen LogP contribution in [0, 0.1) is 23.7 Å². The SMILES string of the molecule is COc1ccc(C2C(S(=O)(=O)c3ccc(C)cc3)C2(C#N)C(=O)O)cc1. The van der Waals surface area contributed by atoms with E-state index in [0.29, 0.717) is 11.3 Å². The van der Waals surface area contributed by atoms with Crippen LogP contribution < -0.4 is 4.74 Å². The van der Waals surface area contributed by atoms with Crippen LogP contribution in [0.25, 0.3) is 0 Å². The molecule has 2 aromatic rings. The molecule has 3 atom stereocenters. The van der Waals surface area contributed by atoms with E-state index in [2.05, 4.69) is 0 Å². The molecule has 0 aliphatic heterocycles. The number of nitrogens with zero attached hydrogens (tertiary/aromatic N) is 1. The topological polar surface area (TPSA) is 104 Å². The fourth-order valence-electron chi connectivity index (χ4n) is 3.34. The predicted octanol–water partition coefficient (Wildman–Crippen LogP) is 2.54. The van der Waals surface area contributed by atoms with Gasteiger partial charge < -0.3 is 9.84 Å². The summed E-state index contributed by atoms with van der Waals surface area (Å²) in [6.07, 6.45) is 0. The summed E-state index contributed by atoms with van der Waals surface area (Å²) in [5.41, 5.74) is -0.634. The molecule has 26 heavy (non-hydrogen) atoms. The zero-order valence-corrected chi connectivity index (χ0v) is 15.0. The largest absolute Gasteiger partial charge is 0.497 e. The van der Waals surface area contributed by atoms with E-state index in [1.54, 1.807) is 42.5 Å². The maximum atomic E-state index is 13.1. The molecule has 0 heterocycles. The summed E-state index contributed by atoms with van der Waals surface area (Å²) in [5, 5.41) is 17.9. The number of carboxylic acid groups (broad SMARTS) is 1. The van der Waals surface area contributed by atoms with Crippen LogP contribution >= 0.6 is 0 Å². The Morgan fingerprint density at radius 3 is 2.19 bits per heavy atom. The maximum absolute atomic E-state index is 13.1. The van der Waals surface area contributed by atoms with Crippen molar-refractivity contribution in [2.24, 2.45) is 5.41 Å². The first-order chi connectivity index (χ1) is 12.3. The number of carboxylic acids is 1. The molecular formula is C19H17NO5S. The molecule has 1 N–H and O–H groups in total. The molecule has 3 rings (SSSR count). The smallest absolute Gasteiger partial charge is 0.326 e. The minimum absolute atomic E-state index is 0.0185. The number of sulfone groups is 1. The maximum Gasteiger partial charge on any atom is 0.326 e. The number of aliphatic carboxylic acids is 1. The molecule has 2 aromatic carbocycles. The summed E-state index contributed by atoms with van der Waals surface area (Å²) < 4.78 is 31.2. The van der Waals surface area contributed by atoms with Gasteiger partial charge in [0.2, 0.25) is 0 Å². The third-order valence-electron chi connectivity index (χ3n) is 4.83. The van der Waals surface area contributed by atoms with Crippen LogP contribution in [0.5, 0.6) is 5.75 Å². The number of ether oxygens (including phenoxy) is 1. The number of hydrogen-bond donors (Lipinski definition) is 1. The fraction of sp³-hybridized carbons (Fsp3) is 0.263. The quantitative estimate of drug-likeness (QED) is 0.866. The number of benzene rings is 2. The summed E-state index contributed by atoms with van der Waals surface area (Å²) in [6.45, 7) is 1.82. The van der Waals surface area contributed by atoms with Gasteiger partial charge in [-0.2, -0.15) is 5.26 Å². The van der Waals surface area contributed by atoms with Crippen LogP contribution in [-0.2, 0) is 14.6 Å². The number of nitriles is 1. The molecule has 0 bridgehead atoms. The predicted molar refractivity (Wildman–Crippen MR) is 93.6 cm³/mol. The average Bonchev–Trinajstić information content (AvgIpc) is 3.34. The van der Waals surface area contributed by atoms with E-state index >= 15 is 0 Å². The van der Waals surface area contributed by atoms with Crippen LogP contribution in [0.4, 0.5) is 0 Å². The number of hydrogen-bond acceptors (Lipinski definition) is 5. The summed E-state index contributed by atoms with van der Waals surface area (Å²) >= 11 is 0. The van der Waals surface area contributed by atoms with Gasteiger partial charge in [-0.1, -0.05) is 29.8 Å². The molecule has 1 aliphatic rings. The van der Waals surface area contributed by atoms with Crippen molar-refractivity contribution in [3.8, 4) is 11.8 Å². The van der Waals surface area contributed by atoms with Gasteiger partial charge in [-0.25, -0.2) is 8.42 Å². The highest BCUT2D eigenvalue weighted by Gasteiger charge is 2.77. The van der Waals surface area contributed by atoms with Crippen molar-refractivity contribution < 1.29 is 23.1 Å². The second kappa shape index (κ2) is 6.15. The van der Waals surface area contributed by atoms with Crippen LogP contribution in [0.1, 0.15) is 17.0 Å².